The number of halogens is 4. The van der Waals surface area contributed by atoms with Crippen LogP contribution in [0.25, 0.3) is 11.5 Å². The van der Waals surface area contributed by atoms with Gasteiger partial charge in [0.2, 0.25) is 11.8 Å². The molecule has 4 nitrogen and oxygen atoms in total. The summed E-state index contributed by atoms with van der Waals surface area (Å²) in [5.74, 6) is 0.107. The highest BCUT2D eigenvalue weighted by Crippen LogP contribution is 2.27. The van der Waals surface area contributed by atoms with Crippen LogP contribution in [0.1, 0.15) is 18.2 Å². The van der Waals surface area contributed by atoms with E-state index in [1.165, 1.54) is 12.1 Å². The van der Waals surface area contributed by atoms with Gasteiger partial charge < -0.3 is 9.15 Å². The van der Waals surface area contributed by atoms with Crippen molar-refractivity contribution < 1.29 is 22.3 Å². The van der Waals surface area contributed by atoms with Gasteiger partial charge in [0.1, 0.15) is 11.1 Å². The van der Waals surface area contributed by atoms with E-state index in [1.54, 1.807) is 6.92 Å². The van der Waals surface area contributed by atoms with E-state index >= 15 is 0 Å². The minimum atomic E-state index is -4.72. The molecule has 0 amide bonds. The maximum absolute atomic E-state index is 12.0. The minimum Gasteiger partial charge on any atom is -0.419 e. The first-order valence-corrected chi connectivity index (χ1v) is 5.62. The molecule has 1 heterocycles. The van der Waals surface area contributed by atoms with Gasteiger partial charge in [0.05, 0.1) is 0 Å². The zero-order valence-corrected chi connectivity index (χ0v) is 10.4. The van der Waals surface area contributed by atoms with Gasteiger partial charge in [0, 0.05) is 5.56 Å². The van der Waals surface area contributed by atoms with Crippen molar-refractivity contribution in [3.05, 3.63) is 30.2 Å². The Morgan fingerprint density at radius 3 is 2.32 bits per heavy atom. The summed E-state index contributed by atoms with van der Waals surface area (Å²) in [4.78, 5) is 0. The molecule has 0 aliphatic carbocycles. The fourth-order valence-electron chi connectivity index (χ4n) is 1.31. The Labute approximate surface area is 111 Å². The van der Waals surface area contributed by atoms with Gasteiger partial charge >= 0.3 is 6.36 Å². The topological polar surface area (TPSA) is 48.2 Å². The van der Waals surface area contributed by atoms with Crippen molar-refractivity contribution in [2.45, 2.75) is 18.7 Å². The van der Waals surface area contributed by atoms with Gasteiger partial charge in [0.25, 0.3) is 0 Å². The summed E-state index contributed by atoms with van der Waals surface area (Å²) < 4.78 is 44.9. The molecule has 1 aromatic carbocycles. The number of hydrogen-bond acceptors (Lipinski definition) is 4. The zero-order chi connectivity index (χ0) is 14.0. The van der Waals surface area contributed by atoms with Crippen molar-refractivity contribution in [2.75, 3.05) is 0 Å². The van der Waals surface area contributed by atoms with Gasteiger partial charge in [-0.15, -0.1) is 35.0 Å². The first kappa shape index (κ1) is 13.7. The van der Waals surface area contributed by atoms with Crippen LogP contribution in [0, 0.1) is 0 Å². The predicted molar refractivity (Wildman–Crippen MR) is 60.7 cm³/mol. The second-order valence-corrected chi connectivity index (χ2v) is 4.29. The summed E-state index contributed by atoms with van der Waals surface area (Å²) >= 11 is 5.76. The van der Waals surface area contributed by atoms with E-state index in [9.17, 15) is 13.2 Å². The molecule has 8 heteroatoms. The van der Waals surface area contributed by atoms with E-state index in [0.717, 1.165) is 12.1 Å². The average molecular weight is 293 g/mol. The third-order valence-electron chi connectivity index (χ3n) is 2.12. The number of benzene rings is 1. The van der Waals surface area contributed by atoms with Crippen molar-refractivity contribution in [2.24, 2.45) is 0 Å². The second-order valence-electron chi connectivity index (χ2n) is 3.63. The number of nitrogens with zero attached hydrogens (tertiary/aromatic N) is 2. The lowest BCUT2D eigenvalue weighted by atomic mass is 10.2. The summed E-state index contributed by atoms with van der Waals surface area (Å²) in [6, 6.07) is 5.10. The van der Waals surface area contributed by atoms with Gasteiger partial charge in [-0.05, 0) is 31.2 Å². The maximum atomic E-state index is 12.0. The molecule has 1 unspecified atom stereocenters. The van der Waals surface area contributed by atoms with E-state index in [2.05, 4.69) is 14.9 Å². The molecule has 1 aromatic heterocycles. The summed E-state index contributed by atoms with van der Waals surface area (Å²) in [5, 5.41) is 7.03. The molecule has 102 valence electrons. The molecule has 0 fully saturated rings. The van der Waals surface area contributed by atoms with Gasteiger partial charge in [-0.1, -0.05) is 0 Å². The fourth-order valence-corrected chi connectivity index (χ4v) is 1.40. The molecule has 19 heavy (non-hydrogen) atoms. The highest BCUT2D eigenvalue weighted by Gasteiger charge is 2.31. The Morgan fingerprint density at radius 1 is 1.21 bits per heavy atom. The van der Waals surface area contributed by atoms with Crippen molar-refractivity contribution in [3.8, 4) is 17.2 Å². The van der Waals surface area contributed by atoms with Crippen LogP contribution in [0.2, 0.25) is 0 Å². The number of ether oxygens (including phenoxy) is 1. The molecule has 0 radical (unpaired) electrons. The SMILES string of the molecule is CC(Cl)c1nnc(-c2ccc(OC(F)(F)F)cc2)o1. The predicted octanol–water partition coefficient (Wildman–Crippen LogP) is 3.94. The Morgan fingerprint density at radius 2 is 1.84 bits per heavy atom. The van der Waals surface area contributed by atoms with Crippen molar-refractivity contribution in [1.29, 1.82) is 0 Å². The summed E-state index contributed by atoms with van der Waals surface area (Å²) in [6.07, 6.45) is -4.72. The number of alkyl halides is 4. The highest BCUT2D eigenvalue weighted by molar-refractivity contribution is 6.20. The Hall–Kier alpha value is -1.76. The van der Waals surface area contributed by atoms with Crippen LogP contribution in [0.15, 0.2) is 28.7 Å². The van der Waals surface area contributed by atoms with Crippen LogP contribution >= 0.6 is 11.6 Å². The third-order valence-corrected chi connectivity index (χ3v) is 2.30. The Balaban J connectivity index is 2.17. The van der Waals surface area contributed by atoms with E-state index in [-0.39, 0.29) is 17.5 Å². The van der Waals surface area contributed by atoms with Crippen molar-refractivity contribution in [3.63, 3.8) is 0 Å². The standard InChI is InChI=1S/C11H8ClF3N2O2/c1-6(12)9-16-17-10(18-9)7-2-4-8(5-3-7)19-11(13,14)15/h2-6H,1H3. The third kappa shape index (κ3) is 3.60. The van der Waals surface area contributed by atoms with Crippen LogP contribution < -0.4 is 4.74 Å². The second kappa shape index (κ2) is 5.08. The molecule has 0 aliphatic rings. The maximum Gasteiger partial charge on any atom is 0.573 e. The molecule has 2 aromatic rings. The lowest BCUT2D eigenvalue weighted by Gasteiger charge is -2.08. The Bertz CT molecular complexity index is 552. The first-order valence-electron chi connectivity index (χ1n) is 5.19. The van der Waals surface area contributed by atoms with Gasteiger partial charge in [-0.2, -0.15) is 0 Å². The lowest BCUT2D eigenvalue weighted by Crippen LogP contribution is -2.16. The van der Waals surface area contributed by atoms with E-state index in [1.807, 2.05) is 0 Å². The minimum absolute atomic E-state index is 0.182. The lowest BCUT2D eigenvalue weighted by molar-refractivity contribution is -0.274. The Kier molecular flexibility index (Phi) is 3.66. The monoisotopic (exact) mass is 292 g/mol. The molecule has 0 spiro atoms. The van der Waals surface area contributed by atoms with E-state index in [0.29, 0.717) is 5.56 Å². The molecule has 0 saturated carbocycles. The number of hydrogen-bond donors (Lipinski definition) is 0. The smallest absolute Gasteiger partial charge is 0.419 e. The molecule has 0 bridgehead atoms. The first-order chi connectivity index (χ1) is 8.85. The largest absolute Gasteiger partial charge is 0.573 e. The molecular formula is C11H8ClF3N2O2. The molecule has 0 saturated heterocycles. The zero-order valence-electron chi connectivity index (χ0n) is 9.61. The van der Waals surface area contributed by atoms with Crippen molar-refractivity contribution in [1.82, 2.24) is 10.2 Å². The summed E-state index contributed by atoms with van der Waals surface area (Å²) in [5.41, 5.74) is 0.477. The van der Waals surface area contributed by atoms with Gasteiger partial charge in [-0.25, -0.2) is 0 Å². The van der Waals surface area contributed by atoms with Crippen LogP contribution in [0.5, 0.6) is 5.75 Å². The average Bonchev–Trinajstić information content (AvgIpc) is 2.77. The fraction of sp³-hybridized carbons (Fsp3) is 0.273. The van der Waals surface area contributed by atoms with E-state index < -0.39 is 11.7 Å². The molecule has 1 atom stereocenters. The van der Waals surface area contributed by atoms with Gasteiger partial charge in [-0.3, -0.25) is 0 Å². The molecule has 2 rings (SSSR count). The molecule has 0 N–H and O–H groups in total. The van der Waals surface area contributed by atoms with Crippen LogP contribution in [-0.2, 0) is 0 Å². The number of aromatic nitrogens is 2. The summed E-state index contributed by atoms with van der Waals surface area (Å²) in [7, 11) is 0. The highest BCUT2D eigenvalue weighted by atomic mass is 35.5. The number of rotatable bonds is 3. The normalized spacial score (nSPS) is 13.3. The molecule has 0 aliphatic heterocycles. The van der Waals surface area contributed by atoms with Crippen LogP contribution in [0.3, 0.4) is 0 Å². The summed E-state index contributed by atoms with van der Waals surface area (Å²) in [6.45, 7) is 1.67. The molecular weight excluding hydrogens is 285 g/mol. The van der Waals surface area contributed by atoms with Gasteiger partial charge in [0.15, 0.2) is 0 Å². The van der Waals surface area contributed by atoms with Crippen molar-refractivity contribution >= 4 is 11.6 Å². The van der Waals surface area contributed by atoms with Crippen LogP contribution in [-0.4, -0.2) is 16.6 Å². The quantitative estimate of drug-likeness (QED) is 0.804. The van der Waals surface area contributed by atoms with E-state index in [4.69, 9.17) is 16.0 Å². The van der Waals surface area contributed by atoms with Crippen LogP contribution in [0.4, 0.5) is 13.2 Å².